The number of ether oxygens (including phenoxy) is 1. The lowest BCUT2D eigenvalue weighted by Gasteiger charge is -2.14. The topological polar surface area (TPSA) is 26.3 Å². The second kappa shape index (κ2) is 7.28. The van der Waals surface area contributed by atoms with Gasteiger partial charge in [-0.15, -0.1) is 0 Å². The summed E-state index contributed by atoms with van der Waals surface area (Å²) < 4.78 is 41.9. The fraction of sp³-hybridized carbons (Fsp3) is 0.500. The first kappa shape index (κ1) is 15.7. The molecule has 106 valence electrons. The molecule has 0 amide bonds. The van der Waals surface area contributed by atoms with Gasteiger partial charge in [0, 0.05) is 6.42 Å². The molecule has 5 heteroatoms. The molecule has 0 heterocycles. The molecule has 1 aromatic carbocycles. The van der Waals surface area contributed by atoms with E-state index in [1.807, 2.05) is 30.3 Å². The summed E-state index contributed by atoms with van der Waals surface area (Å²) in [5.41, 5.74) is 0.930. The molecular formula is C14H17F3O2. The van der Waals surface area contributed by atoms with Crippen LogP contribution in [0.1, 0.15) is 25.3 Å². The van der Waals surface area contributed by atoms with Gasteiger partial charge in [-0.05, 0) is 12.0 Å². The van der Waals surface area contributed by atoms with E-state index in [0.29, 0.717) is 6.61 Å². The van der Waals surface area contributed by atoms with Crippen molar-refractivity contribution in [3.8, 4) is 0 Å². The third kappa shape index (κ3) is 6.38. The lowest BCUT2D eigenvalue weighted by Crippen LogP contribution is -2.21. The second-order valence-corrected chi connectivity index (χ2v) is 4.50. The maximum Gasteiger partial charge on any atom is 0.391 e. The van der Waals surface area contributed by atoms with Crippen LogP contribution in [0.5, 0.6) is 0 Å². The van der Waals surface area contributed by atoms with Crippen molar-refractivity contribution in [2.24, 2.45) is 5.92 Å². The molecule has 0 aliphatic rings. The first-order chi connectivity index (χ1) is 8.89. The quantitative estimate of drug-likeness (QED) is 0.757. The van der Waals surface area contributed by atoms with Crippen LogP contribution in [0.3, 0.4) is 0 Å². The molecule has 1 unspecified atom stereocenters. The van der Waals surface area contributed by atoms with E-state index in [-0.39, 0.29) is 25.2 Å². The van der Waals surface area contributed by atoms with Crippen LogP contribution in [0.15, 0.2) is 30.3 Å². The van der Waals surface area contributed by atoms with Gasteiger partial charge < -0.3 is 4.74 Å². The van der Waals surface area contributed by atoms with Crippen LogP contribution in [0.2, 0.25) is 0 Å². The molecule has 2 nitrogen and oxygen atoms in total. The van der Waals surface area contributed by atoms with Crippen LogP contribution in [0.4, 0.5) is 13.2 Å². The van der Waals surface area contributed by atoms with E-state index < -0.39 is 12.1 Å². The molecule has 0 radical (unpaired) electrons. The van der Waals surface area contributed by atoms with Crippen molar-refractivity contribution in [1.29, 1.82) is 0 Å². The van der Waals surface area contributed by atoms with Crippen molar-refractivity contribution < 1.29 is 22.7 Å². The van der Waals surface area contributed by atoms with E-state index in [9.17, 15) is 18.0 Å². The fourth-order valence-corrected chi connectivity index (χ4v) is 1.47. The van der Waals surface area contributed by atoms with Gasteiger partial charge in [0.25, 0.3) is 0 Å². The number of ketones is 1. The van der Waals surface area contributed by atoms with Crippen LogP contribution < -0.4 is 0 Å². The van der Waals surface area contributed by atoms with E-state index in [0.717, 1.165) is 12.5 Å². The molecule has 0 N–H and O–H groups in total. The number of rotatable bonds is 7. The zero-order valence-corrected chi connectivity index (χ0v) is 10.7. The molecule has 0 spiro atoms. The summed E-state index contributed by atoms with van der Waals surface area (Å²) in [6, 6.07) is 9.29. The molecule has 0 aromatic heterocycles. The molecule has 0 fully saturated rings. The Labute approximate surface area is 110 Å². The summed E-state index contributed by atoms with van der Waals surface area (Å²) in [7, 11) is 0. The highest BCUT2D eigenvalue weighted by molar-refractivity contribution is 5.79. The number of carbonyl (C=O) groups excluding carboxylic acids is 1. The summed E-state index contributed by atoms with van der Waals surface area (Å²) in [6.45, 7) is 1.24. The summed E-state index contributed by atoms with van der Waals surface area (Å²) in [5, 5.41) is 0. The second-order valence-electron chi connectivity index (χ2n) is 4.50. The van der Waals surface area contributed by atoms with Crippen LogP contribution in [0.25, 0.3) is 0 Å². The monoisotopic (exact) mass is 274 g/mol. The molecule has 1 aromatic rings. The largest absolute Gasteiger partial charge is 0.391 e. The first-order valence-corrected chi connectivity index (χ1v) is 6.09. The van der Waals surface area contributed by atoms with Crippen LogP contribution in [-0.2, 0) is 16.1 Å². The number of hydrogen-bond donors (Lipinski definition) is 0. The van der Waals surface area contributed by atoms with Gasteiger partial charge in [-0.25, -0.2) is 0 Å². The van der Waals surface area contributed by atoms with Crippen molar-refractivity contribution in [3.05, 3.63) is 35.9 Å². The average Bonchev–Trinajstić information content (AvgIpc) is 2.36. The molecule has 0 aliphatic heterocycles. The standard InChI is InChI=1S/C14H17F3O2/c1-11(14(15,16)17)7-8-13(18)10-19-9-12-5-3-2-4-6-12/h2-6,11H,7-10H2,1H3. The lowest BCUT2D eigenvalue weighted by atomic mass is 10.0. The summed E-state index contributed by atoms with van der Waals surface area (Å²) in [5.74, 6) is -1.75. The zero-order chi connectivity index (χ0) is 14.3. The smallest absolute Gasteiger partial charge is 0.369 e. The van der Waals surface area contributed by atoms with Gasteiger partial charge >= 0.3 is 6.18 Å². The molecule has 0 bridgehead atoms. The SMILES string of the molecule is CC(CCC(=O)COCc1ccccc1)C(F)(F)F. The molecule has 1 atom stereocenters. The van der Waals surface area contributed by atoms with E-state index in [1.165, 1.54) is 0 Å². The number of benzene rings is 1. The van der Waals surface area contributed by atoms with Gasteiger partial charge in [0.1, 0.15) is 6.61 Å². The minimum Gasteiger partial charge on any atom is -0.369 e. The summed E-state index contributed by atoms with van der Waals surface area (Å²) in [6.07, 6.45) is -4.52. The molecule has 0 saturated carbocycles. The Kier molecular flexibility index (Phi) is 6.02. The molecule has 19 heavy (non-hydrogen) atoms. The zero-order valence-electron chi connectivity index (χ0n) is 10.7. The maximum absolute atomic E-state index is 12.2. The first-order valence-electron chi connectivity index (χ1n) is 6.09. The molecular weight excluding hydrogens is 257 g/mol. The van der Waals surface area contributed by atoms with Crippen LogP contribution in [-0.4, -0.2) is 18.6 Å². The highest BCUT2D eigenvalue weighted by Crippen LogP contribution is 2.29. The Balaban J connectivity index is 2.18. The Morgan fingerprint density at radius 1 is 1.26 bits per heavy atom. The van der Waals surface area contributed by atoms with Crippen LogP contribution >= 0.6 is 0 Å². The van der Waals surface area contributed by atoms with Crippen molar-refractivity contribution in [1.82, 2.24) is 0 Å². The number of carbonyl (C=O) groups is 1. The third-order valence-corrected chi connectivity index (χ3v) is 2.79. The highest BCUT2D eigenvalue weighted by Gasteiger charge is 2.35. The Morgan fingerprint density at radius 3 is 2.47 bits per heavy atom. The molecule has 0 saturated heterocycles. The normalized spacial score (nSPS) is 13.3. The average molecular weight is 274 g/mol. The number of hydrogen-bond acceptors (Lipinski definition) is 2. The third-order valence-electron chi connectivity index (χ3n) is 2.79. The van der Waals surface area contributed by atoms with Gasteiger partial charge in [0.2, 0.25) is 0 Å². The minimum atomic E-state index is -4.23. The molecule has 0 aliphatic carbocycles. The van der Waals surface area contributed by atoms with Gasteiger partial charge in [0.05, 0.1) is 12.5 Å². The van der Waals surface area contributed by atoms with Gasteiger partial charge in [0.15, 0.2) is 5.78 Å². The Morgan fingerprint density at radius 2 is 1.89 bits per heavy atom. The van der Waals surface area contributed by atoms with E-state index >= 15 is 0 Å². The van der Waals surface area contributed by atoms with Gasteiger partial charge in [-0.1, -0.05) is 37.3 Å². The van der Waals surface area contributed by atoms with E-state index in [2.05, 4.69) is 0 Å². The minimum absolute atomic E-state index is 0.102. The van der Waals surface area contributed by atoms with Crippen molar-refractivity contribution in [2.45, 2.75) is 32.5 Å². The van der Waals surface area contributed by atoms with Crippen LogP contribution in [0, 0.1) is 5.92 Å². The summed E-state index contributed by atoms with van der Waals surface area (Å²) >= 11 is 0. The highest BCUT2D eigenvalue weighted by atomic mass is 19.4. The van der Waals surface area contributed by atoms with E-state index in [4.69, 9.17) is 4.74 Å². The predicted molar refractivity (Wildman–Crippen MR) is 65.6 cm³/mol. The van der Waals surface area contributed by atoms with E-state index in [1.54, 1.807) is 0 Å². The Hall–Kier alpha value is -1.36. The summed E-state index contributed by atoms with van der Waals surface area (Å²) in [4.78, 5) is 11.4. The number of halogens is 3. The Bertz CT molecular complexity index is 387. The maximum atomic E-state index is 12.2. The van der Waals surface area contributed by atoms with Crippen molar-refractivity contribution >= 4 is 5.78 Å². The fourth-order valence-electron chi connectivity index (χ4n) is 1.47. The van der Waals surface area contributed by atoms with Gasteiger partial charge in [-0.2, -0.15) is 13.2 Å². The predicted octanol–water partition coefficient (Wildman–Crippen LogP) is 3.75. The lowest BCUT2D eigenvalue weighted by molar-refractivity contribution is -0.171. The number of alkyl halides is 3. The van der Waals surface area contributed by atoms with Crippen molar-refractivity contribution in [3.63, 3.8) is 0 Å². The number of Topliss-reactive ketones (excluding diaryl/α,β-unsaturated/α-hetero) is 1. The van der Waals surface area contributed by atoms with Gasteiger partial charge in [-0.3, -0.25) is 4.79 Å². The van der Waals surface area contributed by atoms with Crippen molar-refractivity contribution in [2.75, 3.05) is 6.61 Å². The molecule has 1 rings (SSSR count).